The van der Waals surface area contributed by atoms with E-state index in [1.165, 1.54) is 39.7 Å². The number of halogens is 1. The molecule has 2 aromatic heterocycles. The number of aromatic nitrogens is 3. The Labute approximate surface area is 195 Å². The summed E-state index contributed by atoms with van der Waals surface area (Å²) in [6.45, 7) is 2.27. The molecular formula is C24H24FN5O4. The Morgan fingerprint density at radius 1 is 1.06 bits per heavy atom. The third-order valence-electron chi connectivity index (χ3n) is 5.17. The molecule has 0 radical (unpaired) electrons. The summed E-state index contributed by atoms with van der Waals surface area (Å²) < 4.78 is 31.1. The van der Waals surface area contributed by atoms with Crippen LogP contribution < -0.4 is 24.8 Å². The molecule has 4 rings (SSSR count). The average Bonchev–Trinajstić information content (AvgIpc) is 3.25. The van der Waals surface area contributed by atoms with E-state index in [-0.39, 0.29) is 11.6 Å². The van der Waals surface area contributed by atoms with Gasteiger partial charge in [-0.1, -0.05) is 0 Å². The Kier molecular flexibility index (Phi) is 6.48. The summed E-state index contributed by atoms with van der Waals surface area (Å²) in [5.74, 6) is 1.14. The number of benzene rings is 2. The molecule has 0 spiro atoms. The van der Waals surface area contributed by atoms with Crippen molar-refractivity contribution in [3.8, 4) is 39.6 Å². The van der Waals surface area contributed by atoms with Gasteiger partial charge in [0.1, 0.15) is 17.0 Å². The standard InChI is InChI=1S/C24H24FN5O4/c1-5-26-24(31)30-23-28-17-10-13(14-11-18(32-2)22(34-4)19(12-14)33-3)9-15(21(17)29-23)20-16(25)7-6-8-27-20/h6-12H,5H2,1-4H3,(H3,26,28,29,30,31). The van der Waals surface area contributed by atoms with E-state index >= 15 is 0 Å². The molecule has 4 aromatic rings. The molecule has 34 heavy (non-hydrogen) atoms. The van der Waals surface area contributed by atoms with Gasteiger partial charge in [0.25, 0.3) is 0 Å². The number of anilines is 1. The van der Waals surface area contributed by atoms with Gasteiger partial charge in [0, 0.05) is 18.3 Å². The van der Waals surface area contributed by atoms with Crippen LogP contribution in [0.1, 0.15) is 6.92 Å². The summed E-state index contributed by atoms with van der Waals surface area (Å²) in [5.41, 5.74) is 3.10. The van der Waals surface area contributed by atoms with Gasteiger partial charge in [-0.2, -0.15) is 0 Å². The maximum atomic E-state index is 14.8. The van der Waals surface area contributed by atoms with Gasteiger partial charge in [-0.05, 0) is 54.4 Å². The first-order valence-corrected chi connectivity index (χ1v) is 10.5. The Bertz CT molecular complexity index is 1330. The van der Waals surface area contributed by atoms with E-state index in [2.05, 4.69) is 25.6 Å². The van der Waals surface area contributed by atoms with Gasteiger partial charge in [0.2, 0.25) is 11.7 Å². The van der Waals surface area contributed by atoms with E-state index in [9.17, 15) is 9.18 Å². The number of ether oxygens (including phenoxy) is 3. The van der Waals surface area contributed by atoms with Crippen molar-refractivity contribution in [2.75, 3.05) is 33.2 Å². The number of fused-ring (bicyclic) bond motifs is 1. The van der Waals surface area contributed by atoms with Gasteiger partial charge < -0.3 is 24.5 Å². The summed E-state index contributed by atoms with van der Waals surface area (Å²) in [4.78, 5) is 23.8. The zero-order valence-corrected chi connectivity index (χ0v) is 19.2. The van der Waals surface area contributed by atoms with Crippen LogP contribution >= 0.6 is 0 Å². The lowest BCUT2D eigenvalue weighted by Crippen LogP contribution is -2.28. The largest absolute Gasteiger partial charge is 0.493 e. The highest BCUT2D eigenvalue weighted by molar-refractivity contribution is 5.98. The minimum Gasteiger partial charge on any atom is -0.493 e. The number of carbonyl (C=O) groups is 1. The van der Waals surface area contributed by atoms with Crippen molar-refractivity contribution in [1.82, 2.24) is 20.3 Å². The number of methoxy groups -OCH3 is 3. The maximum absolute atomic E-state index is 14.8. The quantitative estimate of drug-likeness (QED) is 0.368. The summed E-state index contributed by atoms with van der Waals surface area (Å²) in [6, 6.07) is 9.67. The number of rotatable bonds is 7. The molecule has 10 heteroatoms. The zero-order chi connectivity index (χ0) is 24.2. The smallest absolute Gasteiger partial charge is 0.321 e. The van der Waals surface area contributed by atoms with E-state index in [1.54, 1.807) is 18.2 Å². The molecular weight excluding hydrogens is 441 g/mol. The third kappa shape index (κ3) is 4.29. The first-order chi connectivity index (χ1) is 16.5. The Morgan fingerprint density at radius 2 is 1.76 bits per heavy atom. The van der Waals surface area contributed by atoms with E-state index in [0.717, 1.165) is 11.1 Å². The van der Waals surface area contributed by atoms with Crippen LogP contribution in [-0.2, 0) is 0 Å². The van der Waals surface area contributed by atoms with Crippen molar-refractivity contribution in [3.05, 3.63) is 48.4 Å². The highest BCUT2D eigenvalue weighted by Gasteiger charge is 2.19. The number of H-pyrrole nitrogens is 1. The molecule has 2 aromatic carbocycles. The van der Waals surface area contributed by atoms with Crippen LogP contribution in [-0.4, -0.2) is 48.9 Å². The van der Waals surface area contributed by atoms with Crippen LogP contribution in [0.3, 0.4) is 0 Å². The van der Waals surface area contributed by atoms with E-state index in [0.29, 0.717) is 40.4 Å². The van der Waals surface area contributed by atoms with Crippen LogP contribution in [0.5, 0.6) is 17.2 Å². The fraction of sp³-hybridized carbons (Fsp3) is 0.208. The average molecular weight is 465 g/mol. The number of hydrogen-bond acceptors (Lipinski definition) is 6. The number of aromatic amines is 1. The summed E-state index contributed by atoms with van der Waals surface area (Å²) in [5, 5.41) is 5.29. The Morgan fingerprint density at radius 3 is 2.38 bits per heavy atom. The normalized spacial score (nSPS) is 10.7. The van der Waals surface area contributed by atoms with E-state index < -0.39 is 11.8 Å². The SMILES string of the molecule is CCNC(=O)Nc1nc2c(-c3ncccc3F)cc(-c3cc(OC)c(OC)c(OC)c3)cc2[nH]1. The van der Waals surface area contributed by atoms with Gasteiger partial charge in [-0.25, -0.2) is 14.2 Å². The number of imidazole rings is 1. The topological polar surface area (TPSA) is 110 Å². The molecule has 0 aliphatic rings. The predicted octanol–water partition coefficient (Wildman–Crippen LogP) is 4.60. The lowest BCUT2D eigenvalue weighted by molar-refractivity contribution is 0.252. The zero-order valence-electron chi connectivity index (χ0n) is 19.2. The molecule has 0 aliphatic heterocycles. The van der Waals surface area contributed by atoms with Gasteiger partial charge in [-0.15, -0.1) is 0 Å². The molecule has 0 fully saturated rings. The van der Waals surface area contributed by atoms with Crippen molar-refractivity contribution in [2.45, 2.75) is 6.92 Å². The fourth-order valence-corrected chi connectivity index (χ4v) is 3.67. The lowest BCUT2D eigenvalue weighted by Gasteiger charge is -2.15. The van der Waals surface area contributed by atoms with E-state index in [4.69, 9.17) is 14.2 Å². The van der Waals surface area contributed by atoms with Crippen LogP contribution in [0, 0.1) is 5.82 Å². The molecule has 0 bridgehead atoms. The van der Waals surface area contributed by atoms with Crippen LogP contribution in [0.25, 0.3) is 33.4 Å². The first kappa shape index (κ1) is 22.8. The monoisotopic (exact) mass is 465 g/mol. The second-order valence-corrected chi connectivity index (χ2v) is 7.24. The first-order valence-electron chi connectivity index (χ1n) is 10.5. The molecule has 0 unspecified atom stereocenters. The molecule has 0 aliphatic carbocycles. The van der Waals surface area contributed by atoms with Crippen LogP contribution in [0.2, 0.25) is 0 Å². The van der Waals surface area contributed by atoms with Crippen molar-refractivity contribution in [1.29, 1.82) is 0 Å². The molecule has 3 N–H and O–H groups in total. The molecule has 0 saturated heterocycles. The molecule has 176 valence electrons. The number of nitrogens with zero attached hydrogens (tertiary/aromatic N) is 2. The van der Waals surface area contributed by atoms with Crippen LogP contribution in [0.4, 0.5) is 15.1 Å². The molecule has 9 nitrogen and oxygen atoms in total. The van der Waals surface area contributed by atoms with Crippen LogP contribution in [0.15, 0.2) is 42.6 Å². The summed E-state index contributed by atoms with van der Waals surface area (Å²) >= 11 is 0. The summed E-state index contributed by atoms with van der Waals surface area (Å²) in [7, 11) is 4.60. The number of nitrogens with one attached hydrogen (secondary N) is 3. The maximum Gasteiger partial charge on any atom is 0.321 e. The van der Waals surface area contributed by atoms with E-state index in [1.807, 2.05) is 13.0 Å². The fourth-order valence-electron chi connectivity index (χ4n) is 3.67. The molecule has 2 heterocycles. The summed E-state index contributed by atoms with van der Waals surface area (Å²) in [6.07, 6.45) is 1.51. The lowest BCUT2D eigenvalue weighted by atomic mass is 9.99. The van der Waals surface area contributed by atoms with Crippen molar-refractivity contribution in [3.63, 3.8) is 0 Å². The number of hydrogen-bond donors (Lipinski definition) is 3. The Hall–Kier alpha value is -4.34. The number of urea groups is 1. The Balaban J connectivity index is 1.94. The second kappa shape index (κ2) is 9.65. The number of carbonyl (C=O) groups excluding carboxylic acids is 1. The van der Waals surface area contributed by atoms with Gasteiger partial charge in [0.15, 0.2) is 11.5 Å². The molecule has 0 saturated carbocycles. The predicted molar refractivity (Wildman–Crippen MR) is 127 cm³/mol. The van der Waals surface area contributed by atoms with Crippen molar-refractivity contribution < 1.29 is 23.4 Å². The van der Waals surface area contributed by atoms with Crippen molar-refractivity contribution >= 4 is 23.0 Å². The minimum atomic E-state index is -0.493. The van der Waals surface area contributed by atoms with Crippen molar-refractivity contribution in [2.24, 2.45) is 0 Å². The third-order valence-corrected chi connectivity index (χ3v) is 5.17. The highest BCUT2D eigenvalue weighted by atomic mass is 19.1. The minimum absolute atomic E-state index is 0.137. The highest BCUT2D eigenvalue weighted by Crippen LogP contribution is 2.42. The van der Waals surface area contributed by atoms with Gasteiger partial charge in [0.05, 0.1) is 26.8 Å². The molecule has 0 atom stereocenters. The van der Waals surface area contributed by atoms with Gasteiger partial charge >= 0.3 is 6.03 Å². The number of pyridine rings is 1. The molecule has 2 amide bonds. The second-order valence-electron chi connectivity index (χ2n) is 7.24. The number of amides is 2. The van der Waals surface area contributed by atoms with Gasteiger partial charge in [-0.3, -0.25) is 10.3 Å².